The van der Waals surface area contributed by atoms with Gasteiger partial charge >= 0.3 is 0 Å². The van der Waals surface area contributed by atoms with E-state index < -0.39 is 0 Å². The Morgan fingerprint density at radius 2 is 2.00 bits per heavy atom. The van der Waals surface area contributed by atoms with Crippen LogP contribution >= 0.6 is 0 Å². The average molecular weight is 247 g/mol. The Labute approximate surface area is 108 Å². The van der Waals surface area contributed by atoms with Crippen molar-refractivity contribution in [3.8, 4) is 0 Å². The van der Waals surface area contributed by atoms with Gasteiger partial charge in [-0.1, -0.05) is 31.2 Å². The number of hydrogen-bond acceptors (Lipinski definition) is 2. The number of aliphatic hydroxyl groups excluding tert-OH is 1. The third kappa shape index (κ3) is 3.10. The average Bonchev–Trinajstić information content (AvgIpc) is 2.88. The molecule has 3 nitrogen and oxygen atoms in total. The summed E-state index contributed by atoms with van der Waals surface area (Å²) in [6, 6.07) is 8.25. The van der Waals surface area contributed by atoms with Gasteiger partial charge < -0.3 is 10.0 Å². The second kappa shape index (κ2) is 6.01. The van der Waals surface area contributed by atoms with Crippen molar-refractivity contribution in [3.05, 3.63) is 35.4 Å². The van der Waals surface area contributed by atoms with E-state index in [1.807, 2.05) is 17.0 Å². The first-order valence-corrected chi connectivity index (χ1v) is 6.69. The van der Waals surface area contributed by atoms with E-state index in [4.69, 9.17) is 5.11 Å². The van der Waals surface area contributed by atoms with Crippen LogP contribution in [0.2, 0.25) is 0 Å². The lowest BCUT2D eigenvalue weighted by molar-refractivity contribution is -0.129. The molecule has 1 aliphatic rings. The quantitative estimate of drug-likeness (QED) is 0.878. The Morgan fingerprint density at radius 3 is 2.56 bits per heavy atom. The zero-order chi connectivity index (χ0) is 13.0. The summed E-state index contributed by atoms with van der Waals surface area (Å²) in [6.07, 6.45) is 2.43. The molecule has 1 heterocycles. The second-order valence-electron chi connectivity index (χ2n) is 5.02. The van der Waals surface area contributed by atoms with E-state index in [2.05, 4.69) is 19.1 Å². The van der Waals surface area contributed by atoms with E-state index >= 15 is 0 Å². The molecule has 1 saturated heterocycles. The number of rotatable bonds is 4. The van der Waals surface area contributed by atoms with Crippen molar-refractivity contribution in [3.63, 3.8) is 0 Å². The van der Waals surface area contributed by atoms with E-state index in [-0.39, 0.29) is 18.4 Å². The number of benzene rings is 1. The third-order valence-electron chi connectivity index (χ3n) is 3.68. The Kier molecular flexibility index (Phi) is 4.37. The maximum absolute atomic E-state index is 12.1. The fraction of sp³-hybridized carbons (Fsp3) is 0.533. The minimum Gasteiger partial charge on any atom is -0.396 e. The number of nitrogens with zero attached hydrogens (tertiary/aromatic N) is 1. The summed E-state index contributed by atoms with van der Waals surface area (Å²) in [6.45, 7) is 3.81. The molecule has 1 aromatic rings. The minimum absolute atomic E-state index is 0.176. The SMILES string of the molecule is CCc1ccc(CC(=O)N2CCC(CO)C2)cc1. The predicted octanol–water partition coefficient (Wildman–Crippen LogP) is 1.63. The molecule has 0 saturated carbocycles. The molecule has 1 aliphatic heterocycles. The zero-order valence-electron chi connectivity index (χ0n) is 10.9. The van der Waals surface area contributed by atoms with Crippen LogP contribution in [0.4, 0.5) is 0 Å². The first-order chi connectivity index (χ1) is 8.72. The first kappa shape index (κ1) is 13.1. The highest BCUT2D eigenvalue weighted by molar-refractivity contribution is 5.79. The number of likely N-dealkylation sites (tertiary alicyclic amines) is 1. The zero-order valence-corrected chi connectivity index (χ0v) is 10.9. The van der Waals surface area contributed by atoms with Gasteiger partial charge in [0.25, 0.3) is 0 Å². The standard InChI is InChI=1S/C15H21NO2/c1-2-12-3-5-13(6-4-12)9-15(18)16-8-7-14(10-16)11-17/h3-6,14,17H,2,7-11H2,1H3. The minimum atomic E-state index is 0.176. The first-order valence-electron chi connectivity index (χ1n) is 6.69. The number of aryl methyl sites for hydroxylation is 1. The van der Waals surface area contributed by atoms with Crippen LogP contribution in [0.5, 0.6) is 0 Å². The molecule has 0 spiro atoms. The van der Waals surface area contributed by atoms with Crippen LogP contribution in [0, 0.1) is 5.92 Å². The van der Waals surface area contributed by atoms with Crippen LogP contribution in [-0.4, -0.2) is 35.6 Å². The Bertz CT molecular complexity index is 399. The van der Waals surface area contributed by atoms with E-state index in [1.54, 1.807) is 0 Å². The van der Waals surface area contributed by atoms with Gasteiger partial charge in [0.15, 0.2) is 0 Å². The van der Waals surface area contributed by atoms with Crippen molar-refractivity contribution in [2.75, 3.05) is 19.7 Å². The Hall–Kier alpha value is -1.35. The van der Waals surface area contributed by atoms with Crippen LogP contribution in [0.15, 0.2) is 24.3 Å². The lowest BCUT2D eigenvalue weighted by Gasteiger charge is -2.16. The van der Waals surface area contributed by atoms with Gasteiger partial charge in [0, 0.05) is 25.6 Å². The number of hydrogen-bond donors (Lipinski definition) is 1. The molecule has 2 rings (SSSR count). The second-order valence-corrected chi connectivity index (χ2v) is 5.02. The van der Waals surface area contributed by atoms with Gasteiger partial charge in [-0.25, -0.2) is 0 Å². The van der Waals surface area contributed by atoms with Gasteiger partial charge in [-0.05, 0) is 24.0 Å². The summed E-state index contributed by atoms with van der Waals surface area (Å²) >= 11 is 0. The molecule has 0 aliphatic carbocycles. The highest BCUT2D eigenvalue weighted by atomic mass is 16.3. The molecule has 0 aromatic heterocycles. The smallest absolute Gasteiger partial charge is 0.227 e. The molecule has 0 bridgehead atoms. The summed E-state index contributed by atoms with van der Waals surface area (Å²) in [5.74, 6) is 0.451. The van der Waals surface area contributed by atoms with E-state index in [0.29, 0.717) is 13.0 Å². The van der Waals surface area contributed by atoms with Crippen LogP contribution in [0.3, 0.4) is 0 Å². The van der Waals surface area contributed by atoms with Crippen molar-refractivity contribution in [2.45, 2.75) is 26.2 Å². The molecule has 1 unspecified atom stereocenters. The number of carbonyl (C=O) groups excluding carboxylic acids is 1. The van der Waals surface area contributed by atoms with Crippen LogP contribution in [-0.2, 0) is 17.6 Å². The third-order valence-corrected chi connectivity index (χ3v) is 3.68. The summed E-state index contributed by atoms with van der Waals surface area (Å²) in [5, 5.41) is 9.08. The largest absolute Gasteiger partial charge is 0.396 e. The molecule has 3 heteroatoms. The fourth-order valence-corrected chi connectivity index (χ4v) is 2.39. The molecule has 1 N–H and O–H groups in total. The molecular formula is C15H21NO2. The van der Waals surface area contributed by atoms with Crippen molar-refractivity contribution in [2.24, 2.45) is 5.92 Å². The molecule has 1 aromatic carbocycles. The summed E-state index contributed by atoms with van der Waals surface area (Å²) in [7, 11) is 0. The van der Waals surface area contributed by atoms with Crippen molar-refractivity contribution in [1.29, 1.82) is 0 Å². The molecular weight excluding hydrogens is 226 g/mol. The predicted molar refractivity (Wildman–Crippen MR) is 71.3 cm³/mol. The molecule has 18 heavy (non-hydrogen) atoms. The van der Waals surface area contributed by atoms with Crippen molar-refractivity contribution in [1.82, 2.24) is 4.90 Å². The van der Waals surface area contributed by atoms with Gasteiger partial charge in [-0.2, -0.15) is 0 Å². The summed E-state index contributed by atoms with van der Waals surface area (Å²) in [4.78, 5) is 13.9. The molecule has 1 fully saturated rings. The highest BCUT2D eigenvalue weighted by Crippen LogP contribution is 2.17. The summed E-state index contributed by atoms with van der Waals surface area (Å²) in [5.41, 5.74) is 2.37. The molecule has 98 valence electrons. The van der Waals surface area contributed by atoms with Gasteiger partial charge in [0.1, 0.15) is 0 Å². The molecule has 1 amide bonds. The number of carbonyl (C=O) groups is 1. The van der Waals surface area contributed by atoms with Gasteiger partial charge in [0.05, 0.1) is 6.42 Å². The molecule has 1 atom stereocenters. The topological polar surface area (TPSA) is 40.5 Å². The fourth-order valence-electron chi connectivity index (χ4n) is 2.39. The lowest BCUT2D eigenvalue weighted by Crippen LogP contribution is -2.30. The van der Waals surface area contributed by atoms with Crippen LogP contribution in [0.25, 0.3) is 0 Å². The van der Waals surface area contributed by atoms with Crippen LogP contribution in [0.1, 0.15) is 24.5 Å². The maximum Gasteiger partial charge on any atom is 0.227 e. The van der Waals surface area contributed by atoms with Crippen LogP contribution < -0.4 is 0 Å². The maximum atomic E-state index is 12.1. The van der Waals surface area contributed by atoms with E-state index in [9.17, 15) is 4.79 Å². The number of amides is 1. The number of aliphatic hydroxyl groups is 1. The lowest BCUT2D eigenvalue weighted by atomic mass is 10.1. The normalized spacial score (nSPS) is 19.2. The monoisotopic (exact) mass is 247 g/mol. The van der Waals surface area contributed by atoms with Crippen molar-refractivity contribution >= 4 is 5.91 Å². The van der Waals surface area contributed by atoms with Gasteiger partial charge in [0.2, 0.25) is 5.91 Å². The summed E-state index contributed by atoms with van der Waals surface area (Å²) < 4.78 is 0. The Morgan fingerprint density at radius 1 is 1.33 bits per heavy atom. The van der Waals surface area contributed by atoms with E-state index in [0.717, 1.165) is 24.9 Å². The van der Waals surface area contributed by atoms with Gasteiger partial charge in [-0.15, -0.1) is 0 Å². The van der Waals surface area contributed by atoms with E-state index in [1.165, 1.54) is 5.56 Å². The van der Waals surface area contributed by atoms with Gasteiger partial charge in [-0.3, -0.25) is 4.79 Å². The highest BCUT2D eigenvalue weighted by Gasteiger charge is 2.25. The molecule has 0 radical (unpaired) electrons. The van der Waals surface area contributed by atoms with Crippen molar-refractivity contribution < 1.29 is 9.90 Å². The Balaban J connectivity index is 1.90.